The van der Waals surface area contributed by atoms with Gasteiger partial charge in [0.2, 0.25) is 0 Å². The van der Waals surface area contributed by atoms with E-state index in [4.69, 9.17) is 0 Å². The lowest BCUT2D eigenvalue weighted by molar-refractivity contribution is 0.770. The van der Waals surface area contributed by atoms with E-state index in [1.807, 2.05) is 11.8 Å². The Morgan fingerprint density at radius 1 is 0.348 bits per heavy atom. The van der Waals surface area contributed by atoms with Crippen molar-refractivity contribution < 1.29 is 0 Å². The Kier molecular flexibility index (Phi) is 5.53. The molecular formula is C45H28S. The van der Waals surface area contributed by atoms with Gasteiger partial charge >= 0.3 is 0 Å². The van der Waals surface area contributed by atoms with Crippen molar-refractivity contribution in [2.75, 3.05) is 0 Å². The van der Waals surface area contributed by atoms with Crippen molar-refractivity contribution >= 4 is 33.3 Å². The minimum absolute atomic E-state index is 0.443. The maximum Gasteiger partial charge on any atom is 0.0713 e. The summed E-state index contributed by atoms with van der Waals surface area (Å²) in [6.45, 7) is 0. The summed E-state index contributed by atoms with van der Waals surface area (Å²) >= 11 is 1.88. The van der Waals surface area contributed by atoms with E-state index in [0.717, 1.165) is 0 Å². The van der Waals surface area contributed by atoms with Crippen molar-refractivity contribution in [3.8, 4) is 33.4 Å². The van der Waals surface area contributed by atoms with Gasteiger partial charge in [-0.2, -0.15) is 0 Å². The van der Waals surface area contributed by atoms with Crippen molar-refractivity contribution in [2.45, 2.75) is 15.2 Å². The van der Waals surface area contributed by atoms with Gasteiger partial charge in [0.05, 0.1) is 5.41 Å². The van der Waals surface area contributed by atoms with E-state index < -0.39 is 5.41 Å². The minimum Gasteiger partial charge on any atom is -0.0888 e. The molecule has 0 aromatic heterocycles. The summed E-state index contributed by atoms with van der Waals surface area (Å²) in [4.78, 5) is 2.66. The first-order chi connectivity index (χ1) is 22.8. The predicted octanol–water partition coefficient (Wildman–Crippen LogP) is 12.2. The van der Waals surface area contributed by atoms with Crippen LogP contribution in [0.2, 0.25) is 0 Å². The van der Waals surface area contributed by atoms with Gasteiger partial charge in [-0.15, -0.1) is 0 Å². The number of fused-ring (bicyclic) bond motifs is 6. The summed E-state index contributed by atoms with van der Waals surface area (Å²) in [6.07, 6.45) is 0. The minimum atomic E-state index is -0.443. The zero-order valence-electron chi connectivity index (χ0n) is 25.1. The van der Waals surface area contributed by atoms with Crippen LogP contribution in [0.3, 0.4) is 0 Å². The van der Waals surface area contributed by atoms with E-state index in [9.17, 15) is 0 Å². The van der Waals surface area contributed by atoms with Crippen LogP contribution in [0, 0.1) is 0 Å². The first-order valence-electron chi connectivity index (χ1n) is 15.9. The van der Waals surface area contributed by atoms with E-state index in [2.05, 4.69) is 170 Å². The molecule has 0 radical (unpaired) electrons. The molecular weight excluding hydrogens is 573 g/mol. The second-order valence-electron chi connectivity index (χ2n) is 12.5. The van der Waals surface area contributed by atoms with Crippen LogP contribution in [-0.4, -0.2) is 0 Å². The van der Waals surface area contributed by atoms with E-state index in [1.54, 1.807) is 0 Å². The molecule has 214 valence electrons. The molecule has 1 aliphatic heterocycles. The predicted molar refractivity (Wildman–Crippen MR) is 194 cm³/mol. The van der Waals surface area contributed by atoms with Crippen LogP contribution in [0.1, 0.15) is 22.3 Å². The second-order valence-corrected chi connectivity index (χ2v) is 13.5. The monoisotopic (exact) mass is 600 g/mol. The van der Waals surface area contributed by atoms with Crippen LogP contribution in [0.25, 0.3) is 54.9 Å². The number of benzene rings is 8. The quantitative estimate of drug-likeness (QED) is 0.194. The third kappa shape index (κ3) is 3.58. The van der Waals surface area contributed by atoms with Crippen LogP contribution >= 0.6 is 11.8 Å². The van der Waals surface area contributed by atoms with Gasteiger partial charge in [-0.3, -0.25) is 0 Å². The molecule has 0 fully saturated rings. The Morgan fingerprint density at radius 3 is 1.91 bits per heavy atom. The molecule has 2 aliphatic rings. The van der Waals surface area contributed by atoms with Crippen LogP contribution in [0.4, 0.5) is 0 Å². The first kappa shape index (κ1) is 25.9. The fourth-order valence-corrected chi connectivity index (χ4v) is 9.24. The second kappa shape index (κ2) is 9.81. The summed E-state index contributed by atoms with van der Waals surface area (Å²) in [5.74, 6) is 0. The lowest BCUT2D eigenvalue weighted by atomic mass is 9.67. The third-order valence-corrected chi connectivity index (χ3v) is 11.2. The average molecular weight is 601 g/mol. The van der Waals surface area contributed by atoms with Gasteiger partial charge in [0.15, 0.2) is 0 Å². The van der Waals surface area contributed by atoms with Crippen molar-refractivity contribution in [2.24, 2.45) is 0 Å². The van der Waals surface area contributed by atoms with Gasteiger partial charge < -0.3 is 0 Å². The van der Waals surface area contributed by atoms with Gasteiger partial charge in [0, 0.05) is 15.2 Å². The molecule has 8 aromatic carbocycles. The molecule has 1 heterocycles. The van der Waals surface area contributed by atoms with Crippen molar-refractivity contribution in [3.63, 3.8) is 0 Å². The van der Waals surface area contributed by atoms with E-state index in [-0.39, 0.29) is 0 Å². The molecule has 1 unspecified atom stereocenters. The van der Waals surface area contributed by atoms with Crippen LogP contribution in [-0.2, 0) is 5.41 Å². The van der Waals surface area contributed by atoms with Crippen LogP contribution in [0.5, 0.6) is 0 Å². The molecule has 46 heavy (non-hydrogen) atoms. The molecule has 8 aromatic rings. The van der Waals surface area contributed by atoms with E-state index in [1.165, 1.54) is 87.0 Å². The fraction of sp³-hybridized carbons (Fsp3) is 0.0222. The molecule has 0 spiro atoms. The lowest BCUT2D eigenvalue weighted by Gasteiger charge is -2.34. The van der Waals surface area contributed by atoms with Gasteiger partial charge in [-0.05, 0) is 108 Å². The Bertz CT molecular complexity index is 2500. The molecule has 1 heteroatoms. The highest BCUT2D eigenvalue weighted by Crippen LogP contribution is 2.57. The molecule has 1 atom stereocenters. The maximum atomic E-state index is 2.44. The largest absolute Gasteiger partial charge is 0.0888 e. The molecule has 1 aliphatic carbocycles. The highest BCUT2D eigenvalue weighted by Gasteiger charge is 2.46. The molecule has 0 saturated carbocycles. The van der Waals surface area contributed by atoms with E-state index in [0.29, 0.717) is 0 Å². The Morgan fingerprint density at radius 2 is 1.02 bits per heavy atom. The highest BCUT2D eigenvalue weighted by molar-refractivity contribution is 7.99. The normalized spacial score (nSPS) is 15.8. The molecule has 0 nitrogen and oxygen atoms in total. The standard InChI is InChI=1S/C45H28S/c1-2-16-34(17-3-1)45(40-21-7-6-19-36(40)38-26-31-11-4-5-12-32(31)28-41(38)45)35-18-8-15-30(25-35)33-23-24-42-39(27-33)37-20-9-13-29-14-10-22-43(46-42)44(29)37/h1-28H. The van der Waals surface area contributed by atoms with Crippen LogP contribution < -0.4 is 0 Å². The van der Waals surface area contributed by atoms with Gasteiger partial charge in [-0.1, -0.05) is 145 Å². The molecule has 0 bridgehead atoms. The number of rotatable bonds is 3. The number of hydrogen-bond acceptors (Lipinski definition) is 1. The SMILES string of the molecule is c1ccc(C2(c3cccc(-c4ccc5c(c4)-c4cccc6cccc(c46)S5)c3)c3ccccc3-c3cc4ccccc4cc32)cc1. The number of hydrogen-bond donors (Lipinski definition) is 0. The van der Waals surface area contributed by atoms with Crippen molar-refractivity contribution in [1.82, 2.24) is 0 Å². The molecule has 0 saturated heterocycles. The Balaban J connectivity index is 1.22. The Hall–Kier alpha value is -5.37. The first-order valence-corrected chi connectivity index (χ1v) is 16.7. The summed E-state index contributed by atoms with van der Waals surface area (Å²) in [5.41, 5.74) is 12.6. The summed E-state index contributed by atoms with van der Waals surface area (Å²) in [6, 6.07) is 63.4. The van der Waals surface area contributed by atoms with Crippen LogP contribution in [0.15, 0.2) is 180 Å². The zero-order valence-corrected chi connectivity index (χ0v) is 25.9. The van der Waals surface area contributed by atoms with Gasteiger partial charge in [0.25, 0.3) is 0 Å². The maximum absolute atomic E-state index is 2.44. The lowest BCUT2D eigenvalue weighted by Crippen LogP contribution is -2.28. The Labute approximate surface area is 273 Å². The smallest absolute Gasteiger partial charge is 0.0713 e. The third-order valence-electron chi connectivity index (χ3n) is 10.1. The van der Waals surface area contributed by atoms with E-state index >= 15 is 0 Å². The topological polar surface area (TPSA) is 0 Å². The highest BCUT2D eigenvalue weighted by atomic mass is 32.2. The summed E-state index contributed by atoms with van der Waals surface area (Å²) in [5, 5.41) is 5.21. The van der Waals surface area contributed by atoms with Gasteiger partial charge in [0.1, 0.15) is 0 Å². The molecule has 10 rings (SSSR count). The summed E-state index contributed by atoms with van der Waals surface area (Å²) < 4.78 is 0. The fourth-order valence-electron chi connectivity index (χ4n) is 8.12. The average Bonchev–Trinajstić information content (AvgIpc) is 3.41. The molecule has 0 amide bonds. The zero-order chi connectivity index (χ0) is 30.2. The summed E-state index contributed by atoms with van der Waals surface area (Å²) in [7, 11) is 0. The molecule has 0 N–H and O–H groups in total. The van der Waals surface area contributed by atoms with Crippen molar-refractivity contribution in [1.29, 1.82) is 0 Å². The van der Waals surface area contributed by atoms with Gasteiger partial charge in [-0.25, -0.2) is 0 Å². The van der Waals surface area contributed by atoms with Crippen molar-refractivity contribution in [3.05, 3.63) is 192 Å².